The van der Waals surface area contributed by atoms with Crippen LogP contribution in [0.2, 0.25) is 0 Å². The third-order valence-corrected chi connectivity index (χ3v) is 4.39. The molecule has 2 N–H and O–H groups in total. The number of rotatable bonds is 4. The molecule has 1 aliphatic rings. The van der Waals surface area contributed by atoms with E-state index in [0.29, 0.717) is 18.7 Å². The van der Waals surface area contributed by atoms with Gasteiger partial charge in [0.05, 0.1) is 25.0 Å². The number of methoxy groups -OCH3 is 1. The molecule has 1 amide bonds. The van der Waals surface area contributed by atoms with Crippen LogP contribution in [-0.2, 0) is 17.7 Å². The predicted molar refractivity (Wildman–Crippen MR) is 90.2 cm³/mol. The van der Waals surface area contributed by atoms with E-state index in [1.165, 1.54) is 0 Å². The zero-order valence-electron chi connectivity index (χ0n) is 14.5. The highest BCUT2D eigenvalue weighted by molar-refractivity contribution is 5.94. The average Bonchev–Trinajstić information content (AvgIpc) is 2.96. The first-order valence-corrected chi connectivity index (χ1v) is 8.14. The number of hydrogen-bond donors (Lipinski definition) is 2. The van der Waals surface area contributed by atoms with Crippen molar-refractivity contribution in [2.75, 3.05) is 7.11 Å². The normalized spacial score (nSPS) is 19.7. The first-order chi connectivity index (χ1) is 11.5. The molecule has 0 fully saturated rings. The fourth-order valence-corrected chi connectivity index (χ4v) is 3.27. The molecule has 0 saturated carbocycles. The van der Waals surface area contributed by atoms with Crippen LogP contribution in [0.3, 0.4) is 0 Å². The number of nitrogens with one attached hydrogen (secondary N) is 2. The second-order valence-electron chi connectivity index (χ2n) is 6.21. The van der Waals surface area contributed by atoms with Crippen LogP contribution < -0.4 is 10.1 Å². The van der Waals surface area contributed by atoms with E-state index in [9.17, 15) is 4.79 Å². The number of ether oxygens (including phenoxy) is 2. The van der Waals surface area contributed by atoms with Crippen molar-refractivity contribution in [1.82, 2.24) is 15.5 Å². The van der Waals surface area contributed by atoms with Crippen LogP contribution in [0.25, 0.3) is 0 Å². The molecule has 0 spiro atoms. The zero-order chi connectivity index (χ0) is 17.3. The lowest BCUT2D eigenvalue weighted by Crippen LogP contribution is -2.27. The van der Waals surface area contributed by atoms with Gasteiger partial charge in [-0.2, -0.15) is 5.10 Å². The van der Waals surface area contributed by atoms with Gasteiger partial charge >= 0.3 is 0 Å². The highest BCUT2D eigenvalue weighted by atomic mass is 16.5. The SMILES string of the molecule is COc1c(C)cccc1CNC(=O)c1n[nH]c2c1C[C@H](C)O[C@@H]2C. The standard InChI is InChI=1S/C18H23N3O3/c1-10-6-5-7-13(17(10)23-4)9-19-18(22)16-14-8-11(2)24-12(3)15(14)20-21-16/h5-7,11-12H,8-9H2,1-4H3,(H,19,22)(H,20,21)/t11-,12+/m0/s1. The topological polar surface area (TPSA) is 76.2 Å². The first kappa shape index (κ1) is 16.5. The number of nitrogens with zero attached hydrogens (tertiary/aromatic N) is 1. The van der Waals surface area contributed by atoms with Crippen molar-refractivity contribution in [1.29, 1.82) is 0 Å². The fourth-order valence-electron chi connectivity index (χ4n) is 3.27. The summed E-state index contributed by atoms with van der Waals surface area (Å²) in [6, 6.07) is 5.89. The van der Waals surface area contributed by atoms with Gasteiger partial charge in [-0.25, -0.2) is 0 Å². The van der Waals surface area contributed by atoms with Crippen molar-refractivity contribution in [3.05, 3.63) is 46.3 Å². The molecule has 0 unspecified atom stereocenters. The lowest BCUT2D eigenvalue weighted by Gasteiger charge is -2.25. The smallest absolute Gasteiger partial charge is 0.272 e. The van der Waals surface area contributed by atoms with Crippen LogP contribution in [0.5, 0.6) is 5.75 Å². The largest absolute Gasteiger partial charge is 0.496 e. The van der Waals surface area contributed by atoms with Crippen LogP contribution in [0, 0.1) is 6.92 Å². The Balaban J connectivity index is 1.76. The van der Waals surface area contributed by atoms with E-state index >= 15 is 0 Å². The Morgan fingerprint density at radius 2 is 2.25 bits per heavy atom. The van der Waals surface area contributed by atoms with Gasteiger partial charge in [0.25, 0.3) is 5.91 Å². The highest BCUT2D eigenvalue weighted by Crippen LogP contribution is 2.30. The van der Waals surface area contributed by atoms with Gasteiger partial charge in [0.15, 0.2) is 5.69 Å². The summed E-state index contributed by atoms with van der Waals surface area (Å²) >= 11 is 0. The molecule has 6 heteroatoms. The number of carbonyl (C=O) groups is 1. The summed E-state index contributed by atoms with van der Waals surface area (Å²) in [5, 5.41) is 10.1. The molecule has 1 aromatic heterocycles. The summed E-state index contributed by atoms with van der Waals surface area (Å²) < 4.78 is 11.2. The minimum absolute atomic E-state index is 0.0744. The van der Waals surface area contributed by atoms with Crippen molar-refractivity contribution in [2.45, 2.75) is 45.9 Å². The van der Waals surface area contributed by atoms with Crippen molar-refractivity contribution in [3.63, 3.8) is 0 Å². The second kappa shape index (κ2) is 6.65. The summed E-state index contributed by atoms with van der Waals surface area (Å²) in [6.07, 6.45) is 0.690. The van der Waals surface area contributed by atoms with Crippen LogP contribution >= 0.6 is 0 Å². The molecular formula is C18H23N3O3. The predicted octanol–water partition coefficient (Wildman–Crippen LogP) is 2.68. The summed E-state index contributed by atoms with van der Waals surface area (Å²) in [5.41, 5.74) is 4.29. The Kier molecular flexibility index (Phi) is 4.57. The molecule has 2 heterocycles. The zero-order valence-corrected chi connectivity index (χ0v) is 14.5. The molecule has 1 aromatic carbocycles. The van der Waals surface area contributed by atoms with E-state index in [1.807, 2.05) is 39.0 Å². The third kappa shape index (κ3) is 3.01. The monoisotopic (exact) mass is 329 g/mol. The van der Waals surface area contributed by atoms with E-state index in [2.05, 4.69) is 15.5 Å². The molecule has 0 saturated heterocycles. The molecule has 3 rings (SSSR count). The molecule has 0 bridgehead atoms. The van der Waals surface area contributed by atoms with E-state index in [1.54, 1.807) is 7.11 Å². The lowest BCUT2D eigenvalue weighted by atomic mass is 9.99. The number of para-hydroxylation sites is 1. The fraction of sp³-hybridized carbons (Fsp3) is 0.444. The van der Waals surface area contributed by atoms with Gasteiger partial charge in [-0.15, -0.1) is 0 Å². The van der Waals surface area contributed by atoms with Gasteiger partial charge in [-0.3, -0.25) is 9.89 Å². The molecule has 0 radical (unpaired) electrons. The number of aromatic nitrogens is 2. The van der Waals surface area contributed by atoms with Gasteiger partial charge in [0.1, 0.15) is 5.75 Å². The van der Waals surface area contributed by atoms with E-state index in [-0.39, 0.29) is 18.1 Å². The Morgan fingerprint density at radius 3 is 3.00 bits per heavy atom. The van der Waals surface area contributed by atoms with E-state index in [4.69, 9.17) is 9.47 Å². The maximum atomic E-state index is 12.6. The van der Waals surface area contributed by atoms with Crippen molar-refractivity contribution < 1.29 is 14.3 Å². The number of fused-ring (bicyclic) bond motifs is 1. The second-order valence-corrected chi connectivity index (χ2v) is 6.21. The van der Waals surface area contributed by atoms with Gasteiger partial charge in [-0.1, -0.05) is 18.2 Å². The van der Waals surface area contributed by atoms with Crippen molar-refractivity contribution in [3.8, 4) is 5.75 Å². The van der Waals surface area contributed by atoms with Crippen LogP contribution in [0.1, 0.15) is 52.8 Å². The molecule has 1 aliphatic heterocycles. The number of hydrogen-bond acceptors (Lipinski definition) is 4. The van der Waals surface area contributed by atoms with Gasteiger partial charge in [0, 0.05) is 24.1 Å². The maximum absolute atomic E-state index is 12.6. The average molecular weight is 329 g/mol. The van der Waals surface area contributed by atoms with Gasteiger partial charge < -0.3 is 14.8 Å². The van der Waals surface area contributed by atoms with E-state index < -0.39 is 0 Å². The molecule has 2 aromatic rings. The first-order valence-electron chi connectivity index (χ1n) is 8.14. The number of carbonyl (C=O) groups excluding carboxylic acids is 1. The van der Waals surface area contributed by atoms with Crippen molar-refractivity contribution >= 4 is 5.91 Å². The lowest BCUT2D eigenvalue weighted by molar-refractivity contribution is -0.00697. The molecule has 128 valence electrons. The van der Waals surface area contributed by atoms with Crippen LogP contribution in [0.15, 0.2) is 18.2 Å². The van der Waals surface area contributed by atoms with Gasteiger partial charge in [-0.05, 0) is 26.3 Å². The van der Waals surface area contributed by atoms with Gasteiger partial charge in [0.2, 0.25) is 0 Å². The summed E-state index contributed by atoms with van der Waals surface area (Å²) in [7, 11) is 1.64. The van der Waals surface area contributed by atoms with E-state index in [0.717, 1.165) is 28.1 Å². The molecular weight excluding hydrogens is 306 g/mol. The summed E-state index contributed by atoms with van der Waals surface area (Å²) in [5.74, 6) is 0.620. The number of aromatic amines is 1. The Labute approximate surface area is 141 Å². The number of benzene rings is 1. The Hall–Kier alpha value is -2.34. The van der Waals surface area contributed by atoms with Crippen LogP contribution in [-0.4, -0.2) is 29.3 Å². The number of amides is 1. The summed E-state index contributed by atoms with van der Waals surface area (Å²) in [6.45, 7) is 6.35. The Bertz CT molecular complexity index is 754. The Morgan fingerprint density at radius 1 is 1.46 bits per heavy atom. The maximum Gasteiger partial charge on any atom is 0.272 e. The molecule has 6 nitrogen and oxygen atoms in total. The van der Waals surface area contributed by atoms with Crippen molar-refractivity contribution in [2.24, 2.45) is 0 Å². The number of aryl methyl sites for hydroxylation is 1. The molecule has 24 heavy (non-hydrogen) atoms. The third-order valence-electron chi connectivity index (χ3n) is 4.39. The molecule has 0 aliphatic carbocycles. The number of H-pyrrole nitrogens is 1. The highest BCUT2D eigenvalue weighted by Gasteiger charge is 2.29. The summed E-state index contributed by atoms with van der Waals surface area (Å²) in [4.78, 5) is 12.6. The van der Waals surface area contributed by atoms with Crippen LogP contribution in [0.4, 0.5) is 0 Å². The minimum Gasteiger partial charge on any atom is -0.496 e. The molecule has 2 atom stereocenters. The minimum atomic E-state index is -0.183. The quantitative estimate of drug-likeness (QED) is 0.904.